The molecule has 37 heavy (non-hydrogen) atoms. The predicted molar refractivity (Wildman–Crippen MR) is 143 cm³/mol. The van der Waals surface area contributed by atoms with Crippen molar-refractivity contribution < 1.29 is 20.2 Å². The van der Waals surface area contributed by atoms with Gasteiger partial charge in [-0.25, -0.2) is 4.39 Å². The molecule has 1 aromatic heterocycles. The molecule has 9 heteroatoms. The highest BCUT2D eigenvalue weighted by Gasteiger charge is 2.29. The Balaban J connectivity index is 0.00000336. The summed E-state index contributed by atoms with van der Waals surface area (Å²) in [6, 6.07) is 9.85. The van der Waals surface area contributed by atoms with E-state index in [0.717, 1.165) is 37.9 Å². The number of amides is 2. The number of carbonyl (C=O) groups excluding carboxylic acids is 3. The van der Waals surface area contributed by atoms with Gasteiger partial charge in [-0.1, -0.05) is 23.7 Å². The van der Waals surface area contributed by atoms with Crippen LogP contribution in [0, 0.1) is 11.7 Å². The molecule has 7 nitrogen and oxygen atoms in total. The number of piperidine rings is 1. The molecule has 2 fully saturated rings. The molecular formula is C28H32ClFN4O3. The highest BCUT2D eigenvalue weighted by Crippen LogP contribution is 2.30. The summed E-state index contributed by atoms with van der Waals surface area (Å²) >= 11 is 6.49. The van der Waals surface area contributed by atoms with Crippen LogP contribution in [0.5, 0.6) is 0 Å². The smallest absolute Gasteiger partial charge is 0.295 e. The zero-order valence-corrected chi connectivity index (χ0v) is 21.6. The normalized spacial score (nSPS) is 17.4. The van der Waals surface area contributed by atoms with Gasteiger partial charge in [0.25, 0.3) is 17.6 Å². The number of fused-ring (bicyclic) bond motifs is 1. The fourth-order valence-corrected chi connectivity index (χ4v) is 5.47. The summed E-state index contributed by atoms with van der Waals surface area (Å²) in [7, 11) is 1.99. The van der Waals surface area contributed by atoms with Crippen molar-refractivity contribution in [1.29, 1.82) is 0 Å². The molecule has 0 unspecified atom stereocenters. The van der Waals surface area contributed by atoms with Gasteiger partial charge in [0.15, 0.2) is 0 Å². The van der Waals surface area contributed by atoms with Crippen molar-refractivity contribution in [2.75, 3.05) is 46.3 Å². The number of Topliss-reactive ketones (excluding diaryl/α,β-unsaturated/α-hetero) is 1. The fraction of sp³-hybridized carbons (Fsp3) is 0.393. The van der Waals surface area contributed by atoms with Gasteiger partial charge >= 0.3 is 0 Å². The summed E-state index contributed by atoms with van der Waals surface area (Å²) in [5.41, 5.74) is 2.28. The zero-order chi connectivity index (χ0) is 26.1. The maximum absolute atomic E-state index is 13.4. The second-order valence-electron chi connectivity index (χ2n) is 10.1. The van der Waals surface area contributed by atoms with Gasteiger partial charge in [-0.15, -0.1) is 0 Å². The monoisotopic (exact) mass is 526 g/mol. The molecule has 1 N–H and O–H groups in total. The topological polar surface area (TPSA) is 76.7 Å². The number of nitrogens with one attached hydrogen (secondary N) is 1. The summed E-state index contributed by atoms with van der Waals surface area (Å²) in [5.74, 6) is -1.12. The van der Waals surface area contributed by atoms with Gasteiger partial charge in [0.2, 0.25) is 0 Å². The molecule has 3 heterocycles. The van der Waals surface area contributed by atoms with Crippen LogP contribution in [0.15, 0.2) is 42.6 Å². The van der Waals surface area contributed by atoms with Gasteiger partial charge in [0.1, 0.15) is 5.82 Å². The highest BCUT2D eigenvalue weighted by atomic mass is 35.5. The van der Waals surface area contributed by atoms with Crippen LogP contribution in [0.25, 0.3) is 10.9 Å². The number of piperazine rings is 1. The number of likely N-dealkylation sites (N-methyl/N-ethyl adjacent to an activating group) is 1. The van der Waals surface area contributed by atoms with Crippen LogP contribution in [-0.4, -0.2) is 83.6 Å². The fourth-order valence-electron chi connectivity index (χ4n) is 5.23. The molecule has 0 aliphatic carbocycles. The van der Waals surface area contributed by atoms with Gasteiger partial charge in [0, 0.05) is 57.8 Å². The number of likely N-dealkylation sites (tertiary alicyclic amines) is 1. The number of hydrogen-bond acceptors (Lipinski definition) is 4. The molecule has 0 saturated carbocycles. The molecule has 2 saturated heterocycles. The van der Waals surface area contributed by atoms with E-state index in [1.807, 2.05) is 19.2 Å². The second kappa shape index (κ2) is 10.6. The Hall–Kier alpha value is -3.23. The lowest BCUT2D eigenvalue weighted by Gasteiger charge is -2.32. The SMILES string of the molecule is CN1CCN(C(=O)C(=O)c2c[nH]c3cc(Cl)c(C(=O)N4CCC(Cc5ccc(F)cc5)CC4)cc23)CC1.[HH]. The average molecular weight is 527 g/mol. The first-order chi connectivity index (χ1) is 17.8. The first kappa shape index (κ1) is 25.4. The van der Waals surface area contributed by atoms with Crippen LogP contribution in [-0.2, 0) is 11.2 Å². The van der Waals surface area contributed by atoms with Crippen molar-refractivity contribution in [1.82, 2.24) is 19.7 Å². The number of halogens is 2. The van der Waals surface area contributed by atoms with E-state index in [1.165, 1.54) is 18.3 Å². The number of rotatable bonds is 5. The van der Waals surface area contributed by atoms with E-state index in [1.54, 1.807) is 21.9 Å². The molecular weight excluding hydrogens is 495 g/mol. The van der Waals surface area contributed by atoms with E-state index in [0.29, 0.717) is 53.6 Å². The van der Waals surface area contributed by atoms with E-state index >= 15 is 0 Å². The zero-order valence-electron chi connectivity index (χ0n) is 20.8. The van der Waals surface area contributed by atoms with E-state index in [9.17, 15) is 18.8 Å². The van der Waals surface area contributed by atoms with Gasteiger partial charge in [-0.05, 0) is 62.1 Å². The maximum Gasteiger partial charge on any atom is 0.295 e. The molecule has 5 rings (SSSR count). The van der Waals surface area contributed by atoms with Crippen molar-refractivity contribution >= 4 is 40.1 Å². The van der Waals surface area contributed by atoms with Gasteiger partial charge < -0.3 is 19.7 Å². The number of benzene rings is 2. The van der Waals surface area contributed by atoms with E-state index in [2.05, 4.69) is 9.88 Å². The number of ketones is 1. The summed E-state index contributed by atoms with van der Waals surface area (Å²) in [6.07, 6.45) is 4.06. The number of aromatic nitrogens is 1. The first-order valence-electron chi connectivity index (χ1n) is 12.7. The quantitative estimate of drug-likeness (QED) is 0.398. The Bertz CT molecular complexity index is 1330. The van der Waals surface area contributed by atoms with Crippen LogP contribution >= 0.6 is 11.6 Å². The Morgan fingerprint density at radius 1 is 0.973 bits per heavy atom. The molecule has 2 amide bonds. The lowest BCUT2D eigenvalue weighted by molar-refractivity contribution is -0.127. The third-order valence-electron chi connectivity index (χ3n) is 7.57. The van der Waals surface area contributed by atoms with E-state index in [4.69, 9.17) is 11.6 Å². The Kier molecular flexibility index (Phi) is 7.31. The standard InChI is InChI=1S/C28H30ClFN4O3.H2/c1-32-10-12-34(13-11-32)28(37)26(35)23-17-31-25-16-24(29)22(15-21(23)25)27(36)33-8-6-19(7-9-33)14-18-2-4-20(30)5-3-18;/h2-5,15-17,19,31H,6-14H2,1H3;1H. The third-order valence-corrected chi connectivity index (χ3v) is 7.88. The predicted octanol–water partition coefficient (Wildman–Crippen LogP) is 4.26. The molecule has 0 radical (unpaired) electrons. The molecule has 0 spiro atoms. The van der Waals surface area contributed by atoms with Crippen molar-refractivity contribution in [3.05, 3.63) is 70.1 Å². The third kappa shape index (κ3) is 5.40. The minimum Gasteiger partial charge on any atom is -0.360 e. The molecule has 0 bridgehead atoms. The Morgan fingerprint density at radius 3 is 2.32 bits per heavy atom. The molecule has 2 aliphatic rings. The first-order valence-corrected chi connectivity index (χ1v) is 13.0. The van der Waals surface area contributed by atoms with Gasteiger partial charge in [-0.2, -0.15) is 0 Å². The summed E-state index contributed by atoms with van der Waals surface area (Å²) in [4.78, 5) is 47.9. The molecule has 0 atom stereocenters. The minimum atomic E-state index is -0.585. The van der Waals surface area contributed by atoms with Crippen molar-refractivity contribution in [3.8, 4) is 0 Å². The molecule has 196 valence electrons. The van der Waals surface area contributed by atoms with Crippen LogP contribution in [0.3, 0.4) is 0 Å². The number of nitrogens with zero attached hydrogens (tertiary/aromatic N) is 3. The van der Waals surface area contributed by atoms with E-state index < -0.39 is 11.7 Å². The number of carbonyl (C=O) groups is 3. The largest absolute Gasteiger partial charge is 0.360 e. The summed E-state index contributed by atoms with van der Waals surface area (Å²) < 4.78 is 13.2. The van der Waals surface area contributed by atoms with Gasteiger partial charge in [0.05, 0.1) is 16.1 Å². The van der Waals surface area contributed by atoms with E-state index in [-0.39, 0.29) is 18.7 Å². The lowest BCUT2D eigenvalue weighted by atomic mass is 9.90. The van der Waals surface area contributed by atoms with Crippen LogP contribution in [0.4, 0.5) is 4.39 Å². The second-order valence-corrected chi connectivity index (χ2v) is 10.5. The van der Waals surface area contributed by atoms with Crippen molar-refractivity contribution in [2.45, 2.75) is 19.3 Å². The van der Waals surface area contributed by atoms with Gasteiger partial charge in [-0.3, -0.25) is 14.4 Å². The number of H-pyrrole nitrogens is 1. The Morgan fingerprint density at radius 2 is 1.65 bits per heavy atom. The average Bonchev–Trinajstić information content (AvgIpc) is 3.31. The Labute approximate surface area is 221 Å². The minimum absolute atomic E-state index is 0. The molecule has 2 aliphatic heterocycles. The highest BCUT2D eigenvalue weighted by molar-refractivity contribution is 6.45. The van der Waals surface area contributed by atoms with Crippen molar-refractivity contribution in [2.24, 2.45) is 5.92 Å². The number of hydrogen-bond donors (Lipinski definition) is 1. The van der Waals surface area contributed by atoms with Crippen molar-refractivity contribution in [3.63, 3.8) is 0 Å². The molecule has 3 aromatic rings. The summed E-state index contributed by atoms with van der Waals surface area (Å²) in [5, 5.41) is 0.823. The summed E-state index contributed by atoms with van der Waals surface area (Å²) in [6.45, 7) is 3.66. The van der Waals surface area contributed by atoms with Crippen LogP contribution < -0.4 is 0 Å². The number of aromatic amines is 1. The van der Waals surface area contributed by atoms with Crippen LogP contribution in [0.2, 0.25) is 5.02 Å². The van der Waals surface area contributed by atoms with Crippen LogP contribution in [0.1, 0.15) is 40.5 Å². The maximum atomic E-state index is 13.4. The molecule has 2 aromatic carbocycles. The lowest BCUT2D eigenvalue weighted by Crippen LogP contribution is -2.49.